The van der Waals surface area contributed by atoms with E-state index in [9.17, 15) is 24.9 Å². The van der Waals surface area contributed by atoms with Crippen molar-refractivity contribution in [2.75, 3.05) is 19.8 Å². The molecule has 1 aliphatic carbocycles. The molecule has 1 fully saturated rings. The Morgan fingerprint density at radius 3 is 2.63 bits per heavy atom. The number of hydrogen-bond donors (Lipinski definition) is 3. The van der Waals surface area contributed by atoms with E-state index in [1.807, 2.05) is 6.08 Å². The van der Waals surface area contributed by atoms with Gasteiger partial charge in [-0.15, -0.1) is 0 Å². The van der Waals surface area contributed by atoms with E-state index in [2.05, 4.69) is 6.58 Å². The molecule has 8 heteroatoms. The summed E-state index contributed by atoms with van der Waals surface area (Å²) in [7, 11) is 0. The van der Waals surface area contributed by atoms with Crippen LogP contribution >= 0.6 is 0 Å². The first-order valence-electron chi connectivity index (χ1n) is 10.4. The third kappa shape index (κ3) is 6.38. The summed E-state index contributed by atoms with van der Waals surface area (Å²) in [5.74, 6) is -1.82. The molecule has 2 rings (SSSR count). The van der Waals surface area contributed by atoms with Crippen LogP contribution in [0.25, 0.3) is 0 Å². The van der Waals surface area contributed by atoms with E-state index in [0.29, 0.717) is 36.8 Å². The lowest BCUT2D eigenvalue weighted by Gasteiger charge is -2.25. The van der Waals surface area contributed by atoms with Gasteiger partial charge in [0.25, 0.3) is 0 Å². The Hall–Kier alpha value is -1.74. The maximum atomic E-state index is 12.1. The highest BCUT2D eigenvalue weighted by Crippen LogP contribution is 2.46. The molecule has 3 N–H and O–H groups in total. The van der Waals surface area contributed by atoms with E-state index in [1.165, 1.54) is 13.8 Å². The number of aliphatic hydroxyl groups is 3. The molecule has 2 aliphatic rings. The third-order valence-electron chi connectivity index (χ3n) is 6.10. The van der Waals surface area contributed by atoms with Crippen LogP contribution in [0.5, 0.6) is 0 Å². The first kappa shape index (κ1) is 24.5. The zero-order valence-corrected chi connectivity index (χ0v) is 18.0. The van der Waals surface area contributed by atoms with Crippen molar-refractivity contribution in [3.05, 3.63) is 23.8 Å². The average Bonchev–Trinajstić information content (AvgIpc) is 3.39. The maximum Gasteiger partial charge on any atom is 0.311 e. The van der Waals surface area contributed by atoms with Crippen molar-refractivity contribution in [2.45, 2.75) is 70.4 Å². The van der Waals surface area contributed by atoms with Crippen LogP contribution in [0, 0.1) is 11.8 Å². The van der Waals surface area contributed by atoms with Crippen LogP contribution in [0.4, 0.5) is 0 Å². The molecule has 1 saturated heterocycles. The molecule has 0 bridgehead atoms. The number of carbonyl (C=O) groups excluding carboxylic acids is 2. The number of esters is 2. The molecule has 6 atom stereocenters. The summed E-state index contributed by atoms with van der Waals surface area (Å²) >= 11 is 0. The van der Waals surface area contributed by atoms with Gasteiger partial charge in [0.05, 0.1) is 30.8 Å². The second-order valence-electron chi connectivity index (χ2n) is 8.41. The summed E-state index contributed by atoms with van der Waals surface area (Å²) in [5.41, 5.74) is 0.603. The van der Waals surface area contributed by atoms with E-state index in [-0.39, 0.29) is 31.8 Å². The van der Waals surface area contributed by atoms with Gasteiger partial charge in [-0.25, -0.2) is 0 Å². The highest BCUT2D eigenvalue weighted by molar-refractivity contribution is 5.72. The van der Waals surface area contributed by atoms with Crippen LogP contribution in [0.2, 0.25) is 0 Å². The molecule has 0 saturated carbocycles. The van der Waals surface area contributed by atoms with Gasteiger partial charge < -0.3 is 29.5 Å². The lowest BCUT2D eigenvalue weighted by molar-refractivity contribution is -0.150. The molecule has 0 amide bonds. The van der Waals surface area contributed by atoms with E-state index in [1.54, 1.807) is 6.92 Å². The number of rotatable bonds is 8. The molecular weight excluding hydrogens is 392 g/mol. The fourth-order valence-electron chi connectivity index (χ4n) is 3.65. The first-order valence-corrected chi connectivity index (χ1v) is 10.4. The summed E-state index contributed by atoms with van der Waals surface area (Å²) in [6, 6.07) is 0. The number of allylic oxidation sites excluding steroid dienone is 1. The number of hydrogen-bond acceptors (Lipinski definition) is 8. The van der Waals surface area contributed by atoms with E-state index >= 15 is 0 Å². The summed E-state index contributed by atoms with van der Waals surface area (Å²) in [5, 5.41) is 30.2. The monoisotopic (exact) mass is 426 g/mol. The number of ether oxygens (including phenoxy) is 3. The molecule has 1 aliphatic heterocycles. The van der Waals surface area contributed by atoms with Gasteiger partial charge in [0, 0.05) is 6.92 Å². The Balaban J connectivity index is 2.12. The molecule has 0 aromatic rings. The van der Waals surface area contributed by atoms with Gasteiger partial charge in [-0.05, 0) is 56.6 Å². The first-order chi connectivity index (χ1) is 14.1. The fraction of sp³-hybridized carbons (Fsp3) is 0.727. The lowest BCUT2D eigenvalue weighted by Crippen LogP contribution is -2.29. The van der Waals surface area contributed by atoms with E-state index in [0.717, 1.165) is 0 Å². The fourth-order valence-corrected chi connectivity index (χ4v) is 3.65. The summed E-state index contributed by atoms with van der Waals surface area (Å²) in [4.78, 5) is 23.2. The SMILES string of the molecule is C=C(COC(C)=O)C1CC(O)C(COC(=O)C(C)C(C)O)=CCCC2(CO)OC2C1. The molecule has 1 heterocycles. The number of carbonyl (C=O) groups is 2. The molecule has 0 radical (unpaired) electrons. The third-order valence-corrected chi connectivity index (χ3v) is 6.10. The zero-order chi connectivity index (χ0) is 22.5. The minimum Gasteiger partial charge on any atom is -0.461 e. The van der Waals surface area contributed by atoms with Crippen molar-refractivity contribution in [3.63, 3.8) is 0 Å². The normalized spacial score (nSPS) is 30.9. The summed E-state index contributed by atoms with van der Waals surface area (Å²) in [6.07, 6.45) is 1.95. The molecular formula is C22H34O8. The van der Waals surface area contributed by atoms with Crippen molar-refractivity contribution in [3.8, 4) is 0 Å². The largest absolute Gasteiger partial charge is 0.461 e. The Morgan fingerprint density at radius 2 is 2.03 bits per heavy atom. The van der Waals surface area contributed by atoms with Crippen LogP contribution in [-0.2, 0) is 23.8 Å². The van der Waals surface area contributed by atoms with Crippen molar-refractivity contribution in [2.24, 2.45) is 11.8 Å². The minimum atomic E-state index is -0.876. The van der Waals surface area contributed by atoms with Gasteiger partial charge >= 0.3 is 11.9 Å². The zero-order valence-electron chi connectivity index (χ0n) is 18.0. The van der Waals surface area contributed by atoms with Crippen LogP contribution in [0.3, 0.4) is 0 Å². The van der Waals surface area contributed by atoms with Gasteiger partial charge in [-0.3, -0.25) is 9.59 Å². The van der Waals surface area contributed by atoms with Gasteiger partial charge in [-0.1, -0.05) is 12.7 Å². The minimum absolute atomic E-state index is 0.0471. The Bertz CT molecular complexity index is 670. The Kier molecular flexibility index (Phi) is 8.61. The number of aliphatic hydroxyl groups excluding tert-OH is 3. The average molecular weight is 427 g/mol. The van der Waals surface area contributed by atoms with Crippen LogP contribution in [0.15, 0.2) is 23.8 Å². The quantitative estimate of drug-likeness (QED) is 0.301. The van der Waals surface area contributed by atoms with Crippen LogP contribution in [-0.4, -0.2) is 71.0 Å². The molecule has 170 valence electrons. The predicted octanol–water partition coefficient (Wildman–Crippen LogP) is 1.27. The highest BCUT2D eigenvalue weighted by atomic mass is 16.6. The number of fused-ring (bicyclic) bond motifs is 1. The standard InChI is InChI=1S/C22H34O8/c1-13(10-28-16(4)25)18-8-19(26)17(11-29-21(27)14(2)15(3)24)6-5-7-22(12-23)20(9-18)30-22/h6,14-15,18-20,23-24,26H,1,5,7-12H2,2-4H3. The van der Waals surface area contributed by atoms with Crippen molar-refractivity contribution in [1.29, 1.82) is 0 Å². The van der Waals surface area contributed by atoms with Gasteiger partial charge in [0.2, 0.25) is 0 Å². The molecule has 0 aromatic carbocycles. The highest BCUT2D eigenvalue weighted by Gasteiger charge is 2.56. The van der Waals surface area contributed by atoms with Crippen molar-refractivity contribution in [1.82, 2.24) is 0 Å². The van der Waals surface area contributed by atoms with E-state index < -0.39 is 35.7 Å². The van der Waals surface area contributed by atoms with Crippen LogP contribution < -0.4 is 0 Å². The number of epoxide rings is 1. The maximum absolute atomic E-state index is 12.1. The molecule has 30 heavy (non-hydrogen) atoms. The second-order valence-corrected chi connectivity index (χ2v) is 8.41. The van der Waals surface area contributed by atoms with Gasteiger partial charge in [-0.2, -0.15) is 0 Å². The van der Waals surface area contributed by atoms with Gasteiger partial charge in [0.1, 0.15) is 18.8 Å². The molecule has 8 nitrogen and oxygen atoms in total. The van der Waals surface area contributed by atoms with Gasteiger partial charge in [0.15, 0.2) is 0 Å². The topological polar surface area (TPSA) is 126 Å². The van der Waals surface area contributed by atoms with Crippen LogP contribution in [0.1, 0.15) is 46.5 Å². The summed E-state index contributed by atoms with van der Waals surface area (Å²) < 4.78 is 16.2. The van der Waals surface area contributed by atoms with Crippen molar-refractivity contribution < 1.29 is 39.1 Å². The molecule has 0 spiro atoms. The summed E-state index contributed by atoms with van der Waals surface area (Å²) in [6.45, 7) is 8.29. The molecule has 6 unspecified atom stereocenters. The predicted molar refractivity (Wildman–Crippen MR) is 108 cm³/mol. The smallest absolute Gasteiger partial charge is 0.311 e. The lowest BCUT2D eigenvalue weighted by atomic mass is 9.83. The van der Waals surface area contributed by atoms with E-state index in [4.69, 9.17) is 14.2 Å². The second kappa shape index (κ2) is 10.5. The Morgan fingerprint density at radius 1 is 1.33 bits per heavy atom. The molecule has 0 aromatic heterocycles. The van der Waals surface area contributed by atoms with Crippen molar-refractivity contribution >= 4 is 11.9 Å². The Labute approximate surface area is 177 Å².